The van der Waals surface area contributed by atoms with Gasteiger partial charge in [-0.05, 0) is 12.1 Å². The lowest BCUT2D eigenvalue weighted by Gasteiger charge is -2.11. The minimum atomic E-state index is -3.66. The maximum Gasteiger partial charge on any atom is 0.349 e. The molecule has 5 heteroatoms. The van der Waals surface area contributed by atoms with Gasteiger partial charge in [0.25, 0.3) is 5.91 Å². The van der Waals surface area contributed by atoms with Crippen LogP contribution >= 0.6 is 11.6 Å². The van der Waals surface area contributed by atoms with E-state index in [0.717, 1.165) is 12.1 Å². The lowest BCUT2D eigenvalue weighted by molar-refractivity contribution is -0.143. The van der Waals surface area contributed by atoms with Crippen molar-refractivity contribution in [1.82, 2.24) is 0 Å². The Kier molecular flexibility index (Phi) is 2.52. The van der Waals surface area contributed by atoms with Crippen LogP contribution in [0.3, 0.4) is 0 Å². The summed E-state index contributed by atoms with van der Waals surface area (Å²) >= 11 is 5.47. The predicted octanol–water partition coefficient (Wildman–Crippen LogP) is 1.92. The second-order valence-corrected chi connectivity index (χ2v) is 2.89. The number of alkyl halides is 2. The standard InChI is InChI=1S/C8H6ClF2NO/c9-6-3-1-2-5(4-6)8(10,11)7(12)13/h1-4H,(H2,12,13). The van der Waals surface area contributed by atoms with Crippen molar-refractivity contribution < 1.29 is 13.6 Å². The monoisotopic (exact) mass is 205 g/mol. The number of carbonyl (C=O) groups excluding carboxylic acids is 1. The van der Waals surface area contributed by atoms with Crippen LogP contribution in [0.5, 0.6) is 0 Å². The summed E-state index contributed by atoms with van der Waals surface area (Å²) in [5, 5.41) is 0.137. The Labute approximate surface area is 78.3 Å². The van der Waals surface area contributed by atoms with Crippen LogP contribution in [0.15, 0.2) is 24.3 Å². The highest BCUT2D eigenvalue weighted by Crippen LogP contribution is 2.28. The highest BCUT2D eigenvalue weighted by Gasteiger charge is 2.38. The number of benzene rings is 1. The number of hydrogen-bond acceptors (Lipinski definition) is 1. The van der Waals surface area contributed by atoms with Gasteiger partial charge < -0.3 is 5.73 Å². The highest BCUT2D eigenvalue weighted by atomic mass is 35.5. The van der Waals surface area contributed by atoms with E-state index in [1.165, 1.54) is 12.1 Å². The van der Waals surface area contributed by atoms with Gasteiger partial charge in [-0.25, -0.2) is 0 Å². The van der Waals surface area contributed by atoms with Crippen LogP contribution in [-0.2, 0) is 10.7 Å². The molecule has 0 saturated heterocycles. The minimum Gasteiger partial charge on any atom is -0.364 e. The molecule has 1 amide bonds. The Hall–Kier alpha value is -1.16. The largest absolute Gasteiger partial charge is 0.364 e. The molecule has 0 aromatic heterocycles. The minimum absolute atomic E-state index is 0.137. The average molecular weight is 206 g/mol. The molecule has 0 unspecified atom stereocenters. The first-order valence-corrected chi connectivity index (χ1v) is 3.76. The van der Waals surface area contributed by atoms with E-state index in [0.29, 0.717) is 0 Å². The summed E-state index contributed by atoms with van der Waals surface area (Å²) in [6.45, 7) is 0. The first-order chi connectivity index (χ1) is 5.94. The molecule has 0 heterocycles. The zero-order valence-electron chi connectivity index (χ0n) is 6.43. The molecule has 0 atom stereocenters. The molecular weight excluding hydrogens is 200 g/mol. The number of nitrogens with two attached hydrogens (primary N) is 1. The Morgan fingerprint density at radius 3 is 2.54 bits per heavy atom. The first kappa shape index (κ1) is 9.92. The molecule has 0 bridgehead atoms. The van der Waals surface area contributed by atoms with Gasteiger partial charge in [0.05, 0.1) is 0 Å². The van der Waals surface area contributed by atoms with Gasteiger partial charge in [-0.1, -0.05) is 23.7 Å². The lowest BCUT2D eigenvalue weighted by Crippen LogP contribution is -2.32. The molecule has 0 radical (unpaired) electrons. The number of primary amides is 1. The van der Waals surface area contributed by atoms with Crippen LogP contribution in [0.25, 0.3) is 0 Å². The summed E-state index contributed by atoms with van der Waals surface area (Å²) in [7, 11) is 0. The van der Waals surface area contributed by atoms with Gasteiger partial charge in [0.2, 0.25) is 0 Å². The molecule has 0 fully saturated rings. The van der Waals surface area contributed by atoms with Gasteiger partial charge in [0.15, 0.2) is 0 Å². The van der Waals surface area contributed by atoms with Crippen LogP contribution in [0, 0.1) is 0 Å². The Morgan fingerprint density at radius 1 is 1.46 bits per heavy atom. The molecule has 2 nitrogen and oxygen atoms in total. The van der Waals surface area contributed by atoms with Crippen molar-refractivity contribution in [2.45, 2.75) is 5.92 Å². The quantitative estimate of drug-likeness (QED) is 0.788. The van der Waals surface area contributed by atoms with E-state index in [1.54, 1.807) is 0 Å². The van der Waals surface area contributed by atoms with Gasteiger partial charge in [0, 0.05) is 10.6 Å². The van der Waals surface area contributed by atoms with Crippen LogP contribution < -0.4 is 5.73 Å². The van der Waals surface area contributed by atoms with Crippen LogP contribution in [0.2, 0.25) is 5.02 Å². The Morgan fingerprint density at radius 2 is 2.08 bits per heavy atom. The van der Waals surface area contributed by atoms with Crippen LogP contribution in [-0.4, -0.2) is 5.91 Å². The summed E-state index contributed by atoms with van der Waals surface area (Å²) < 4.78 is 25.9. The topological polar surface area (TPSA) is 43.1 Å². The summed E-state index contributed by atoms with van der Waals surface area (Å²) in [5.74, 6) is -5.35. The Balaban J connectivity index is 3.14. The molecule has 0 aliphatic carbocycles. The maximum absolute atomic E-state index is 12.9. The zero-order valence-corrected chi connectivity index (χ0v) is 7.18. The summed E-state index contributed by atoms with van der Waals surface area (Å²) in [6, 6.07) is 4.86. The SMILES string of the molecule is NC(=O)C(F)(F)c1cccc(Cl)c1. The zero-order chi connectivity index (χ0) is 10.1. The van der Waals surface area contributed by atoms with Crippen molar-refractivity contribution >= 4 is 17.5 Å². The molecule has 1 rings (SSSR count). The van der Waals surface area contributed by atoms with Gasteiger partial charge >= 0.3 is 5.92 Å². The number of carbonyl (C=O) groups is 1. The number of halogens is 3. The van der Waals surface area contributed by atoms with Crippen molar-refractivity contribution in [3.63, 3.8) is 0 Å². The number of rotatable bonds is 2. The molecule has 0 aliphatic heterocycles. The molecule has 1 aromatic carbocycles. The molecule has 0 aliphatic rings. The highest BCUT2D eigenvalue weighted by molar-refractivity contribution is 6.30. The van der Waals surface area contributed by atoms with Crippen molar-refractivity contribution in [1.29, 1.82) is 0 Å². The first-order valence-electron chi connectivity index (χ1n) is 3.38. The molecule has 2 N–H and O–H groups in total. The molecule has 0 saturated carbocycles. The van der Waals surface area contributed by atoms with Crippen molar-refractivity contribution in [3.05, 3.63) is 34.9 Å². The van der Waals surface area contributed by atoms with E-state index in [1.807, 2.05) is 0 Å². The molecule has 1 aromatic rings. The summed E-state index contributed by atoms with van der Waals surface area (Å²) in [6.07, 6.45) is 0. The molecule has 0 spiro atoms. The van der Waals surface area contributed by atoms with Crippen molar-refractivity contribution in [2.75, 3.05) is 0 Å². The van der Waals surface area contributed by atoms with Crippen molar-refractivity contribution in [3.8, 4) is 0 Å². The van der Waals surface area contributed by atoms with Crippen LogP contribution in [0.4, 0.5) is 8.78 Å². The maximum atomic E-state index is 12.9. The van der Waals surface area contributed by atoms with E-state index in [4.69, 9.17) is 11.6 Å². The van der Waals surface area contributed by atoms with Gasteiger partial charge in [0.1, 0.15) is 0 Å². The average Bonchev–Trinajstić information content (AvgIpc) is 2.04. The van der Waals surface area contributed by atoms with Gasteiger partial charge in [-0.3, -0.25) is 4.79 Å². The summed E-state index contributed by atoms with van der Waals surface area (Å²) in [4.78, 5) is 10.4. The third-order valence-electron chi connectivity index (χ3n) is 1.50. The Bertz CT molecular complexity index is 341. The fraction of sp³-hybridized carbons (Fsp3) is 0.125. The van der Waals surface area contributed by atoms with Gasteiger partial charge in [-0.15, -0.1) is 0 Å². The van der Waals surface area contributed by atoms with E-state index in [9.17, 15) is 13.6 Å². The second kappa shape index (κ2) is 3.30. The normalized spacial score (nSPS) is 11.3. The third-order valence-corrected chi connectivity index (χ3v) is 1.73. The van der Waals surface area contributed by atoms with E-state index < -0.39 is 17.4 Å². The second-order valence-electron chi connectivity index (χ2n) is 2.45. The molecular formula is C8H6ClF2NO. The van der Waals surface area contributed by atoms with Crippen molar-refractivity contribution in [2.24, 2.45) is 5.73 Å². The molecule has 70 valence electrons. The van der Waals surface area contributed by atoms with Crippen LogP contribution in [0.1, 0.15) is 5.56 Å². The smallest absolute Gasteiger partial charge is 0.349 e. The van der Waals surface area contributed by atoms with E-state index in [2.05, 4.69) is 5.73 Å². The molecule has 13 heavy (non-hydrogen) atoms. The number of hydrogen-bond donors (Lipinski definition) is 1. The van der Waals surface area contributed by atoms with E-state index >= 15 is 0 Å². The number of amides is 1. The predicted molar refractivity (Wildman–Crippen MR) is 44.5 cm³/mol. The fourth-order valence-electron chi connectivity index (χ4n) is 0.826. The fourth-order valence-corrected chi connectivity index (χ4v) is 1.02. The third kappa shape index (κ3) is 1.95. The summed E-state index contributed by atoms with van der Waals surface area (Å²) in [5.41, 5.74) is 4.03. The van der Waals surface area contributed by atoms with E-state index in [-0.39, 0.29) is 5.02 Å². The lowest BCUT2D eigenvalue weighted by atomic mass is 10.1. The van der Waals surface area contributed by atoms with Gasteiger partial charge in [-0.2, -0.15) is 8.78 Å².